The molecule has 0 aliphatic carbocycles. The molecule has 0 aliphatic rings. The van der Waals surface area contributed by atoms with Gasteiger partial charge in [0, 0.05) is 17.2 Å². The molecule has 0 aliphatic heterocycles. The molecule has 0 saturated carbocycles. The summed E-state index contributed by atoms with van der Waals surface area (Å²) in [6.45, 7) is 18.0. The number of ether oxygens (including phenoxy) is 3. The molecule has 0 bridgehead atoms. The van der Waals surface area contributed by atoms with E-state index in [-0.39, 0.29) is 45.7 Å². The molecule has 127 valence electrons. The summed E-state index contributed by atoms with van der Waals surface area (Å²) in [5.41, 5.74) is 0.610. The highest BCUT2D eigenvalue weighted by Gasteiger charge is 2.23. The van der Waals surface area contributed by atoms with Gasteiger partial charge in [-0.25, -0.2) is 0 Å². The van der Waals surface area contributed by atoms with Crippen LogP contribution in [0.1, 0.15) is 20.8 Å². The van der Waals surface area contributed by atoms with Gasteiger partial charge in [0.05, 0.1) is 28.6 Å². The van der Waals surface area contributed by atoms with Gasteiger partial charge < -0.3 is 14.2 Å². The maximum absolute atomic E-state index is 5.93. The van der Waals surface area contributed by atoms with Crippen LogP contribution in [0.25, 0.3) is 0 Å². The summed E-state index contributed by atoms with van der Waals surface area (Å²) >= 11 is 0. The molecule has 0 fully saturated rings. The van der Waals surface area contributed by atoms with E-state index in [1.54, 1.807) is 0 Å². The average Bonchev–Trinajstić information content (AvgIpc) is 2.48. The van der Waals surface area contributed by atoms with Gasteiger partial charge in [0.1, 0.15) is 0 Å². The molecule has 0 amide bonds. The van der Waals surface area contributed by atoms with Crippen LogP contribution in [0.2, 0.25) is 18.1 Å². The molecule has 0 rings (SSSR count). The van der Waals surface area contributed by atoms with Crippen LogP contribution < -0.4 is 0 Å². The maximum atomic E-state index is 5.93. The monoisotopic (exact) mass is 357 g/mol. The molecule has 3 atom stereocenters. The Morgan fingerprint density at radius 2 is 1.00 bits per heavy atom. The van der Waals surface area contributed by atoms with Crippen LogP contribution in [0.15, 0.2) is 38.0 Å². The zero-order chi connectivity index (χ0) is 16.8. The van der Waals surface area contributed by atoms with Gasteiger partial charge in [-0.2, -0.15) is 0 Å². The Balaban J connectivity index is 4.42. The van der Waals surface area contributed by atoms with Crippen molar-refractivity contribution < 1.29 is 14.2 Å². The zero-order valence-electron chi connectivity index (χ0n) is 14.6. The van der Waals surface area contributed by atoms with E-state index in [0.29, 0.717) is 6.48 Å². The number of hydrogen-bond donors (Lipinski definition) is 0. The van der Waals surface area contributed by atoms with Gasteiger partial charge in [0.25, 0.3) is 0 Å². The van der Waals surface area contributed by atoms with Crippen molar-refractivity contribution in [2.75, 3.05) is 0 Å². The standard InChI is InChI=1S/C16H33O3Si3/c1-7-10-20-13(4)17-16(18-14(5)21-11-8-2)19-15(6)22-12-9-3/h7-9,13-15H,1-3,10-12,20-22H2,4-6H3. The van der Waals surface area contributed by atoms with Crippen molar-refractivity contribution in [2.24, 2.45) is 0 Å². The Bertz CT molecular complexity index is 265. The van der Waals surface area contributed by atoms with E-state index < -0.39 is 0 Å². The van der Waals surface area contributed by atoms with E-state index in [1.807, 2.05) is 18.2 Å². The predicted octanol–water partition coefficient (Wildman–Crippen LogP) is 1.84. The Hall–Kier alpha value is -0.249. The molecule has 22 heavy (non-hydrogen) atoms. The summed E-state index contributed by atoms with van der Waals surface area (Å²) < 4.78 is 17.8. The van der Waals surface area contributed by atoms with E-state index in [2.05, 4.69) is 40.5 Å². The topological polar surface area (TPSA) is 27.7 Å². The molecule has 1 radical (unpaired) electrons. The summed E-state index contributed by atoms with van der Waals surface area (Å²) in [5.74, 6) is 0. The largest absolute Gasteiger partial charge is 0.370 e. The quantitative estimate of drug-likeness (QED) is 0.331. The van der Waals surface area contributed by atoms with Crippen LogP contribution in [0.3, 0.4) is 0 Å². The van der Waals surface area contributed by atoms with Gasteiger partial charge in [0.15, 0.2) is 0 Å². The lowest BCUT2D eigenvalue weighted by Crippen LogP contribution is -2.31. The van der Waals surface area contributed by atoms with Crippen molar-refractivity contribution in [3.05, 3.63) is 44.4 Å². The van der Waals surface area contributed by atoms with Gasteiger partial charge in [-0.05, 0) is 38.9 Å². The lowest BCUT2D eigenvalue weighted by molar-refractivity contribution is -0.203. The van der Waals surface area contributed by atoms with Crippen LogP contribution >= 0.6 is 0 Å². The Morgan fingerprint density at radius 3 is 1.23 bits per heavy atom. The average molecular weight is 358 g/mol. The molecule has 0 aromatic heterocycles. The molecule has 0 heterocycles. The zero-order valence-corrected chi connectivity index (χ0v) is 18.8. The Kier molecular flexibility index (Phi) is 14.2. The summed E-state index contributed by atoms with van der Waals surface area (Å²) in [6, 6.07) is 3.20. The smallest absolute Gasteiger partial charge is 0.322 e. The number of rotatable bonds is 15. The van der Waals surface area contributed by atoms with Crippen molar-refractivity contribution in [1.82, 2.24) is 0 Å². The molecule has 0 aromatic rings. The summed E-state index contributed by atoms with van der Waals surface area (Å²) in [5, 5.41) is 0. The van der Waals surface area contributed by atoms with Gasteiger partial charge in [-0.1, -0.05) is 18.2 Å². The fraction of sp³-hybridized carbons (Fsp3) is 0.562. The summed E-state index contributed by atoms with van der Waals surface area (Å²) in [6.07, 6.45) is 5.89. The Morgan fingerprint density at radius 1 is 0.727 bits per heavy atom. The second-order valence-corrected chi connectivity index (χ2v) is 12.5. The van der Waals surface area contributed by atoms with Gasteiger partial charge >= 0.3 is 6.48 Å². The molecular formula is C16H33O3Si3. The first-order valence-corrected chi connectivity index (χ1v) is 13.7. The van der Waals surface area contributed by atoms with Crippen molar-refractivity contribution in [1.29, 1.82) is 0 Å². The van der Waals surface area contributed by atoms with Crippen molar-refractivity contribution in [3.63, 3.8) is 0 Å². The molecule has 0 aromatic carbocycles. The molecule has 3 unspecified atom stereocenters. The molecular weight excluding hydrogens is 324 g/mol. The van der Waals surface area contributed by atoms with Crippen LogP contribution in [0.5, 0.6) is 0 Å². The van der Waals surface area contributed by atoms with Crippen molar-refractivity contribution in [2.45, 2.75) is 56.1 Å². The fourth-order valence-electron chi connectivity index (χ4n) is 1.81. The molecule has 0 spiro atoms. The van der Waals surface area contributed by atoms with Crippen LogP contribution in [-0.4, -0.2) is 45.7 Å². The third-order valence-corrected chi connectivity index (χ3v) is 8.39. The van der Waals surface area contributed by atoms with E-state index in [0.717, 1.165) is 18.1 Å². The summed E-state index contributed by atoms with van der Waals surface area (Å²) in [4.78, 5) is 0. The highest BCUT2D eigenvalue weighted by molar-refractivity contribution is 6.38. The first kappa shape index (κ1) is 21.8. The number of allylic oxidation sites excluding steroid dienone is 3. The SMILES string of the molecule is C=CC[SiH2]C(C)O[C](OC(C)[SiH2]CC=C)OC(C)[SiH2]CC=C. The lowest BCUT2D eigenvalue weighted by Gasteiger charge is -2.25. The van der Waals surface area contributed by atoms with Gasteiger partial charge in [0.2, 0.25) is 0 Å². The second-order valence-electron chi connectivity index (χ2n) is 5.63. The third-order valence-electron chi connectivity index (χ3n) is 3.22. The van der Waals surface area contributed by atoms with Crippen molar-refractivity contribution in [3.8, 4) is 0 Å². The fourth-order valence-corrected chi connectivity index (χ4v) is 4.69. The minimum absolute atomic E-state index is 0.203. The van der Waals surface area contributed by atoms with Crippen molar-refractivity contribution >= 4 is 28.6 Å². The third kappa shape index (κ3) is 12.3. The first-order valence-electron chi connectivity index (χ1n) is 8.23. The van der Waals surface area contributed by atoms with Gasteiger partial charge in [-0.15, -0.1) is 19.7 Å². The first-order chi connectivity index (χ1) is 10.5. The van der Waals surface area contributed by atoms with Crippen LogP contribution in [0.4, 0.5) is 0 Å². The molecule has 3 nitrogen and oxygen atoms in total. The molecule has 0 N–H and O–H groups in total. The summed E-state index contributed by atoms with van der Waals surface area (Å²) in [7, 11) is -1.01. The lowest BCUT2D eigenvalue weighted by atomic mass is 10.7. The van der Waals surface area contributed by atoms with Crippen LogP contribution in [-0.2, 0) is 14.2 Å². The Labute approximate surface area is 143 Å². The minimum atomic E-state index is -0.337. The van der Waals surface area contributed by atoms with Gasteiger partial charge in [-0.3, -0.25) is 0 Å². The van der Waals surface area contributed by atoms with E-state index in [1.165, 1.54) is 0 Å². The van der Waals surface area contributed by atoms with E-state index >= 15 is 0 Å². The van der Waals surface area contributed by atoms with E-state index in [9.17, 15) is 0 Å². The normalized spacial score (nSPS) is 16.9. The van der Waals surface area contributed by atoms with E-state index in [4.69, 9.17) is 14.2 Å². The highest BCUT2D eigenvalue weighted by Crippen LogP contribution is 2.16. The predicted molar refractivity (Wildman–Crippen MR) is 106 cm³/mol. The van der Waals surface area contributed by atoms with Crippen LogP contribution in [0, 0.1) is 6.48 Å². The molecule has 0 saturated heterocycles. The number of hydrogen-bond acceptors (Lipinski definition) is 3. The second kappa shape index (κ2) is 14.3. The molecule has 6 heteroatoms. The maximum Gasteiger partial charge on any atom is 0.370 e. The highest BCUT2D eigenvalue weighted by atomic mass is 28.2. The minimum Gasteiger partial charge on any atom is -0.322 e.